The first-order valence-corrected chi connectivity index (χ1v) is 12.0. The van der Waals surface area contributed by atoms with Gasteiger partial charge in [0.15, 0.2) is 0 Å². The fraction of sp³-hybridized carbons (Fsp3) is 0.700. The molecule has 0 saturated heterocycles. The summed E-state index contributed by atoms with van der Waals surface area (Å²) in [6.07, 6.45) is -7.65. The topological polar surface area (TPSA) is 38.7 Å². The van der Waals surface area contributed by atoms with Crippen molar-refractivity contribution in [1.29, 1.82) is 0 Å². The molecule has 0 aliphatic rings. The summed E-state index contributed by atoms with van der Waals surface area (Å²) in [4.78, 5) is 10.6. The van der Waals surface area contributed by atoms with Gasteiger partial charge in [-0.1, -0.05) is 12.8 Å². The lowest BCUT2D eigenvalue weighted by Gasteiger charge is -2.28. The molecule has 0 bridgehead atoms. The molecule has 30 heavy (non-hydrogen) atoms. The summed E-state index contributed by atoms with van der Waals surface area (Å²) in [6.45, 7) is 7.19. The first kappa shape index (κ1) is 26.9. The second kappa shape index (κ2) is 11.0. The molecule has 0 heterocycles. The zero-order valence-corrected chi connectivity index (χ0v) is 18.7. The van der Waals surface area contributed by atoms with Crippen LogP contribution in [0.15, 0.2) is 18.2 Å². The molecule has 1 aromatic rings. The van der Waals surface area contributed by atoms with Gasteiger partial charge in [0.1, 0.15) is 0 Å². The van der Waals surface area contributed by atoms with Gasteiger partial charge < -0.3 is 13.6 Å². The molecule has 0 amide bonds. The zero-order valence-electron chi connectivity index (χ0n) is 17.7. The van der Waals surface area contributed by atoms with E-state index in [1.165, 1.54) is 0 Å². The molecular weight excluding hydrogens is 430 g/mol. The van der Waals surface area contributed by atoms with E-state index in [0.29, 0.717) is 31.7 Å². The Labute approximate surface area is 174 Å². The van der Waals surface area contributed by atoms with Crippen molar-refractivity contribution in [2.45, 2.75) is 90.4 Å². The number of benzene rings is 1. The van der Waals surface area contributed by atoms with Gasteiger partial charge in [-0.15, -0.1) is 0 Å². The molecule has 0 aliphatic carbocycles. The van der Waals surface area contributed by atoms with Gasteiger partial charge in [0.2, 0.25) is 0 Å². The minimum absolute atomic E-state index is 0.00862. The Hall–Kier alpha value is -1.10. The van der Waals surface area contributed by atoms with Crippen molar-refractivity contribution in [2.24, 2.45) is 0 Å². The highest BCUT2D eigenvalue weighted by molar-refractivity contribution is 6.59. The highest BCUT2D eigenvalue weighted by atomic mass is 28.4. The summed E-state index contributed by atoms with van der Waals surface area (Å²) in [7, 11) is -3.31. The maximum atomic E-state index is 12.9. The monoisotopic (exact) mass is 460 g/mol. The second-order valence-electron chi connectivity index (χ2n) is 7.87. The molecule has 0 spiro atoms. The normalized spacial score (nSPS) is 13.5. The Balaban J connectivity index is 2.61. The number of hydrogen-bond donors (Lipinski definition) is 1. The highest BCUT2D eigenvalue weighted by Gasteiger charge is 2.38. The molecule has 174 valence electrons. The molecule has 0 aromatic heterocycles. The Kier molecular flexibility index (Phi) is 9.85. The average Bonchev–Trinajstić information content (AvgIpc) is 2.54. The van der Waals surface area contributed by atoms with E-state index in [2.05, 4.69) is 0 Å². The summed E-state index contributed by atoms with van der Waals surface area (Å²) in [5.41, 5.74) is -2.57. The Morgan fingerprint density at radius 3 is 1.60 bits per heavy atom. The molecule has 0 unspecified atom stereocenters. The van der Waals surface area contributed by atoms with Crippen LogP contribution in [0.4, 0.5) is 26.3 Å². The van der Waals surface area contributed by atoms with E-state index < -0.39 is 32.3 Å². The standard InChI is InChI=1S/C20H30F6O3Si/c1-14(2)28-30(27,29-15(3)4)10-8-6-5-7-9-16-11-17(19(21,22)23)13-18(12-16)20(24,25)26/h11-15,27H,5-10H2,1-4H3. The van der Waals surface area contributed by atoms with Crippen LogP contribution in [-0.2, 0) is 27.6 Å². The summed E-state index contributed by atoms with van der Waals surface area (Å²) in [6, 6.07) is 2.03. The van der Waals surface area contributed by atoms with Crippen LogP contribution in [0.2, 0.25) is 6.04 Å². The summed E-state index contributed by atoms with van der Waals surface area (Å²) >= 11 is 0. The van der Waals surface area contributed by atoms with E-state index in [1.54, 1.807) is 27.7 Å². The lowest BCUT2D eigenvalue weighted by atomic mass is 10.00. The maximum absolute atomic E-state index is 12.9. The predicted octanol–water partition coefficient (Wildman–Crippen LogP) is 6.61. The molecule has 0 saturated carbocycles. The van der Waals surface area contributed by atoms with Crippen LogP contribution in [0.25, 0.3) is 0 Å². The quantitative estimate of drug-likeness (QED) is 0.229. The van der Waals surface area contributed by atoms with Crippen LogP contribution >= 0.6 is 0 Å². The molecule has 0 fully saturated rings. The van der Waals surface area contributed by atoms with Gasteiger partial charge in [-0.25, -0.2) is 0 Å². The van der Waals surface area contributed by atoms with Gasteiger partial charge >= 0.3 is 21.2 Å². The summed E-state index contributed by atoms with van der Waals surface area (Å²) in [5.74, 6) is 0. The predicted molar refractivity (Wildman–Crippen MR) is 104 cm³/mol. The Bertz CT molecular complexity index is 617. The molecule has 0 atom stereocenters. The minimum Gasteiger partial charge on any atom is -0.390 e. The van der Waals surface area contributed by atoms with Crippen LogP contribution in [0.1, 0.15) is 70.1 Å². The number of halogens is 6. The number of alkyl halides is 6. The van der Waals surface area contributed by atoms with Crippen molar-refractivity contribution in [2.75, 3.05) is 0 Å². The maximum Gasteiger partial charge on any atom is 0.498 e. The Morgan fingerprint density at radius 2 is 1.20 bits per heavy atom. The molecule has 1 rings (SSSR count). The highest BCUT2D eigenvalue weighted by Crippen LogP contribution is 2.36. The van der Waals surface area contributed by atoms with Crippen LogP contribution < -0.4 is 0 Å². The van der Waals surface area contributed by atoms with Crippen LogP contribution in [0, 0.1) is 0 Å². The number of unbranched alkanes of at least 4 members (excludes halogenated alkanes) is 3. The van der Waals surface area contributed by atoms with Gasteiger partial charge in [0.05, 0.1) is 11.1 Å². The van der Waals surface area contributed by atoms with Crippen molar-refractivity contribution in [3.63, 3.8) is 0 Å². The van der Waals surface area contributed by atoms with E-state index in [-0.39, 0.29) is 30.3 Å². The summed E-state index contributed by atoms with van der Waals surface area (Å²) < 4.78 is 88.6. The fourth-order valence-electron chi connectivity index (χ4n) is 3.08. The van der Waals surface area contributed by atoms with Crippen molar-refractivity contribution >= 4 is 8.80 Å². The average molecular weight is 461 g/mol. The van der Waals surface area contributed by atoms with E-state index >= 15 is 0 Å². The van der Waals surface area contributed by atoms with E-state index in [1.807, 2.05) is 0 Å². The largest absolute Gasteiger partial charge is 0.498 e. The smallest absolute Gasteiger partial charge is 0.390 e. The zero-order chi connectivity index (χ0) is 23.2. The third-order valence-corrected chi connectivity index (χ3v) is 6.86. The Morgan fingerprint density at radius 1 is 0.767 bits per heavy atom. The molecule has 1 N–H and O–H groups in total. The lowest BCUT2D eigenvalue weighted by molar-refractivity contribution is -0.143. The van der Waals surface area contributed by atoms with Gasteiger partial charge in [-0.2, -0.15) is 26.3 Å². The van der Waals surface area contributed by atoms with Crippen molar-refractivity contribution in [3.05, 3.63) is 34.9 Å². The fourth-order valence-corrected chi connectivity index (χ4v) is 5.54. The van der Waals surface area contributed by atoms with Crippen LogP contribution in [0.5, 0.6) is 0 Å². The minimum atomic E-state index is -4.84. The van der Waals surface area contributed by atoms with Gasteiger partial charge in [-0.3, -0.25) is 0 Å². The first-order valence-electron chi connectivity index (χ1n) is 9.99. The molecule has 10 heteroatoms. The molecular formula is C20H30F6O3Si. The third kappa shape index (κ3) is 9.80. The second-order valence-corrected chi connectivity index (χ2v) is 10.3. The van der Waals surface area contributed by atoms with E-state index in [9.17, 15) is 31.1 Å². The van der Waals surface area contributed by atoms with Gasteiger partial charge in [-0.05, 0) is 70.7 Å². The van der Waals surface area contributed by atoms with E-state index in [4.69, 9.17) is 8.85 Å². The third-order valence-electron chi connectivity index (χ3n) is 4.20. The van der Waals surface area contributed by atoms with E-state index in [0.717, 1.165) is 12.1 Å². The van der Waals surface area contributed by atoms with Crippen molar-refractivity contribution in [3.8, 4) is 0 Å². The van der Waals surface area contributed by atoms with Gasteiger partial charge in [0.25, 0.3) is 0 Å². The van der Waals surface area contributed by atoms with Crippen molar-refractivity contribution < 1.29 is 40.0 Å². The lowest BCUT2D eigenvalue weighted by Crippen LogP contribution is -2.46. The molecule has 1 aromatic carbocycles. The van der Waals surface area contributed by atoms with Crippen molar-refractivity contribution in [1.82, 2.24) is 0 Å². The number of aryl methyl sites for hydroxylation is 1. The number of hydrogen-bond acceptors (Lipinski definition) is 3. The number of rotatable bonds is 11. The summed E-state index contributed by atoms with van der Waals surface area (Å²) in [5, 5.41) is 0. The first-order chi connectivity index (χ1) is 13.6. The SMILES string of the molecule is CC(C)O[Si](O)(CCCCCCc1cc(C(F)(F)F)cc(C(F)(F)F)c1)OC(C)C. The van der Waals surface area contributed by atoms with Crippen LogP contribution in [0.3, 0.4) is 0 Å². The molecule has 0 radical (unpaired) electrons. The molecule has 3 nitrogen and oxygen atoms in total. The van der Waals surface area contributed by atoms with Crippen LogP contribution in [-0.4, -0.2) is 25.8 Å². The van der Waals surface area contributed by atoms with Gasteiger partial charge in [0, 0.05) is 18.3 Å². The molecule has 0 aliphatic heterocycles.